The highest BCUT2D eigenvalue weighted by Gasteiger charge is 2.34. The molecule has 1 aromatic carbocycles. The summed E-state index contributed by atoms with van der Waals surface area (Å²) in [5, 5.41) is 9.49. The van der Waals surface area contributed by atoms with Crippen LogP contribution in [0.15, 0.2) is 22.7 Å². The van der Waals surface area contributed by atoms with Crippen LogP contribution in [0.3, 0.4) is 0 Å². The first kappa shape index (κ1) is 26.0. The van der Waals surface area contributed by atoms with Crippen molar-refractivity contribution in [1.82, 2.24) is 20.8 Å². The lowest BCUT2D eigenvalue weighted by Gasteiger charge is -2.39. The monoisotopic (exact) mass is 487 g/mol. The van der Waals surface area contributed by atoms with Gasteiger partial charge in [-0.1, -0.05) is 5.16 Å². The quantitative estimate of drug-likeness (QED) is 0.644. The Balaban J connectivity index is 1.84. The van der Waals surface area contributed by atoms with Crippen molar-refractivity contribution >= 4 is 23.8 Å². The number of carbonyl (C=O) groups excluding carboxylic acids is 3. The van der Waals surface area contributed by atoms with Gasteiger partial charge < -0.3 is 29.5 Å². The Morgan fingerprint density at radius 1 is 1.23 bits per heavy atom. The lowest BCUT2D eigenvalue weighted by atomic mass is 9.90. The number of benzene rings is 1. The molecule has 0 radical (unpaired) electrons. The highest BCUT2D eigenvalue weighted by molar-refractivity contribution is 5.94. The highest BCUT2D eigenvalue weighted by atomic mass is 16.6. The van der Waals surface area contributed by atoms with Gasteiger partial charge in [-0.25, -0.2) is 9.59 Å². The molecule has 0 unspecified atom stereocenters. The third-order valence-electron chi connectivity index (χ3n) is 5.16. The molecule has 2 N–H and O–H groups in total. The number of fused-ring (bicyclic) bond motifs is 1. The maximum Gasteiger partial charge on any atom is 0.408 e. The SMILES string of the molecule is CC(=O)N1c2ccc(-c3noc(CNC(=O)OC(C)(C)C)n3)cc2[C@H](NC(=O)OC(C)C)C[C@@H]1C. The normalized spacial score (nSPS) is 17.5. The number of ether oxygens (including phenoxy) is 2. The molecule has 1 aromatic heterocycles. The van der Waals surface area contributed by atoms with Crippen molar-refractivity contribution in [2.24, 2.45) is 0 Å². The first-order chi connectivity index (χ1) is 16.3. The van der Waals surface area contributed by atoms with E-state index in [1.807, 2.05) is 13.0 Å². The molecule has 2 aromatic rings. The van der Waals surface area contributed by atoms with Crippen LogP contribution in [0.5, 0.6) is 0 Å². The van der Waals surface area contributed by atoms with Gasteiger partial charge in [-0.05, 0) is 71.7 Å². The summed E-state index contributed by atoms with van der Waals surface area (Å²) in [6, 6.07) is 4.92. The third-order valence-corrected chi connectivity index (χ3v) is 5.16. The maximum atomic E-state index is 12.3. The van der Waals surface area contributed by atoms with Crippen molar-refractivity contribution in [2.45, 2.75) is 85.2 Å². The number of nitrogens with one attached hydrogen (secondary N) is 2. The van der Waals surface area contributed by atoms with E-state index in [0.717, 1.165) is 5.56 Å². The minimum Gasteiger partial charge on any atom is -0.447 e. The Labute approximate surface area is 204 Å². The minimum atomic E-state index is -0.620. The Bertz CT molecular complexity index is 1090. The van der Waals surface area contributed by atoms with Crippen molar-refractivity contribution in [1.29, 1.82) is 0 Å². The number of alkyl carbamates (subject to hydrolysis) is 2. The van der Waals surface area contributed by atoms with Gasteiger partial charge in [0, 0.05) is 24.2 Å². The van der Waals surface area contributed by atoms with E-state index in [0.29, 0.717) is 23.5 Å². The molecule has 0 fully saturated rings. The van der Waals surface area contributed by atoms with Gasteiger partial charge in [0.15, 0.2) is 0 Å². The number of aromatic nitrogens is 2. The molecule has 190 valence electrons. The zero-order chi connectivity index (χ0) is 25.9. The van der Waals surface area contributed by atoms with Gasteiger partial charge >= 0.3 is 12.2 Å². The van der Waals surface area contributed by atoms with Gasteiger partial charge in [-0.3, -0.25) is 4.79 Å². The second-order valence-corrected chi connectivity index (χ2v) is 9.77. The minimum absolute atomic E-state index is 0.00765. The van der Waals surface area contributed by atoms with E-state index < -0.39 is 17.8 Å². The van der Waals surface area contributed by atoms with Gasteiger partial charge in [0.25, 0.3) is 0 Å². The number of rotatable bonds is 5. The number of anilines is 1. The number of carbonyl (C=O) groups is 3. The summed E-state index contributed by atoms with van der Waals surface area (Å²) < 4.78 is 15.7. The van der Waals surface area contributed by atoms with Crippen LogP contribution in [0.4, 0.5) is 15.3 Å². The Morgan fingerprint density at radius 3 is 2.57 bits per heavy atom. The van der Waals surface area contributed by atoms with Gasteiger partial charge in [-0.15, -0.1) is 0 Å². The molecule has 0 spiro atoms. The third kappa shape index (κ3) is 6.71. The molecular formula is C24H33N5O6. The smallest absolute Gasteiger partial charge is 0.408 e. The molecule has 2 heterocycles. The Hall–Kier alpha value is -3.63. The van der Waals surface area contributed by atoms with Gasteiger partial charge in [0.2, 0.25) is 17.6 Å². The van der Waals surface area contributed by atoms with E-state index in [4.69, 9.17) is 14.0 Å². The van der Waals surface area contributed by atoms with Crippen LogP contribution < -0.4 is 15.5 Å². The van der Waals surface area contributed by atoms with Crippen molar-refractivity contribution in [3.63, 3.8) is 0 Å². The zero-order valence-electron chi connectivity index (χ0n) is 21.2. The second-order valence-electron chi connectivity index (χ2n) is 9.77. The van der Waals surface area contributed by atoms with Gasteiger partial charge in [0.1, 0.15) is 12.1 Å². The average molecular weight is 488 g/mol. The van der Waals surface area contributed by atoms with Crippen LogP contribution in [-0.4, -0.2) is 46.0 Å². The number of amides is 3. The highest BCUT2D eigenvalue weighted by Crippen LogP contribution is 2.39. The van der Waals surface area contributed by atoms with Crippen LogP contribution >= 0.6 is 0 Å². The Kier molecular flexibility index (Phi) is 7.67. The van der Waals surface area contributed by atoms with E-state index in [1.54, 1.807) is 51.7 Å². The fourth-order valence-electron chi connectivity index (χ4n) is 3.92. The summed E-state index contributed by atoms with van der Waals surface area (Å²) in [5.41, 5.74) is 1.46. The molecular weight excluding hydrogens is 454 g/mol. The maximum absolute atomic E-state index is 12.3. The standard InChI is InChI=1S/C24H33N5O6/c1-13(2)33-23(32)26-18-10-14(3)29(15(4)30)19-9-8-16(11-17(18)19)21-27-20(35-28-21)12-25-22(31)34-24(5,6)7/h8-9,11,13-14,18H,10,12H2,1-7H3,(H,25,31)(H,26,32)/t14-,18+/m0/s1. The van der Waals surface area contributed by atoms with Gasteiger partial charge in [0.05, 0.1) is 12.1 Å². The molecule has 3 rings (SSSR count). The van der Waals surface area contributed by atoms with E-state index >= 15 is 0 Å². The summed E-state index contributed by atoms with van der Waals surface area (Å²) in [6.07, 6.45) is -0.866. The predicted octanol–water partition coefficient (Wildman–Crippen LogP) is 4.08. The first-order valence-corrected chi connectivity index (χ1v) is 11.5. The molecule has 2 atom stereocenters. The van der Waals surface area contributed by atoms with Crippen LogP contribution in [-0.2, 0) is 20.8 Å². The molecule has 0 bridgehead atoms. The number of hydrogen-bond acceptors (Lipinski definition) is 8. The van der Waals surface area contributed by atoms with E-state index in [2.05, 4.69) is 20.8 Å². The molecule has 11 nitrogen and oxygen atoms in total. The summed E-state index contributed by atoms with van der Waals surface area (Å²) in [6.45, 7) is 12.3. The largest absolute Gasteiger partial charge is 0.447 e. The molecule has 3 amide bonds. The molecule has 0 saturated heterocycles. The Morgan fingerprint density at radius 2 is 1.94 bits per heavy atom. The van der Waals surface area contributed by atoms with Crippen molar-refractivity contribution in [2.75, 3.05) is 4.90 Å². The predicted molar refractivity (Wildman–Crippen MR) is 128 cm³/mol. The van der Waals surface area contributed by atoms with Crippen LogP contribution in [0.25, 0.3) is 11.4 Å². The molecule has 11 heteroatoms. The molecule has 1 aliphatic rings. The van der Waals surface area contributed by atoms with Crippen molar-refractivity contribution in [3.05, 3.63) is 29.7 Å². The summed E-state index contributed by atoms with van der Waals surface area (Å²) in [5.74, 6) is 0.424. The number of nitrogens with zero attached hydrogens (tertiary/aromatic N) is 3. The lowest BCUT2D eigenvalue weighted by Crippen LogP contribution is -2.45. The van der Waals surface area contributed by atoms with Crippen LogP contribution in [0.1, 0.15) is 72.4 Å². The molecule has 35 heavy (non-hydrogen) atoms. The average Bonchev–Trinajstić information content (AvgIpc) is 3.19. The summed E-state index contributed by atoms with van der Waals surface area (Å²) >= 11 is 0. The lowest BCUT2D eigenvalue weighted by molar-refractivity contribution is -0.117. The van der Waals surface area contributed by atoms with Crippen molar-refractivity contribution in [3.8, 4) is 11.4 Å². The first-order valence-electron chi connectivity index (χ1n) is 11.5. The molecule has 1 aliphatic heterocycles. The summed E-state index contributed by atoms with van der Waals surface area (Å²) in [4.78, 5) is 42.6. The second kappa shape index (κ2) is 10.3. The zero-order valence-corrected chi connectivity index (χ0v) is 21.2. The van der Waals surface area contributed by atoms with E-state index in [1.165, 1.54) is 6.92 Å². The van der Waals surface area contributed by atoms with Crippen molar-refractivity contribution < 1.29 is 28.4 Å². The number of hydrogen-bond donors (Lipinski definition) is 2. The van der Waals surface area contributed by atoms with Crippen LogP contribution in [0, 0.1) is 0 Å². The van der Waals surface area contributed by atoms with Crippen LogP contribution in [0.2, 0.25) is 0 Å². The fourth-order valence-corrected chi connectivity index (χ4v) is 3.92. The molecule has 0 saturated carbocycles. The topological polar surface area (TPSA) is 136 Å². The molecule has 0 aliphatic carbocycles. The summed E-state index contributed by atoms with van der Waals surface area (Å²) in [7, 11) is 0. The van der Waals surface area contributed by atoms with Gasteiger partial charge in [-0.2, -0.15) is 4.98 Å². The fraction of sp³-hybridized carbons (Fsp3) is 0.542. The van der Waals surface area contributed by atoms with E-state index in [-0.39, 0.29) is 36.5 Å². The van der Waals surface area contributed by atoms with E-state index in [9.17, 15) is 14.4 Å².